The summed E-state index contributed by atoms with van der Waals surface area (Å²) >= 11 is 0. The van der Waals surface area contributed by atoms with Crippen molar-refractivity contribution in [1.29, 1.82) is 0 Å². The average molecular weight is 439 g/mol. The van der Waals surface area contributed by atoms with Crippen LogP contribution >= 0.6 is 0 Å². The molecule has 0 aliphatic rings. The van der Waals surface area contributed by atoms with Crippen LogP contribution in [0.25, 0.3) is 0 Å². The predicted octanol–water partition coefficient (Wildman–Crippen LogP) is 4.20. The van der Waals surface area contributed by atoms with Crippen LogP contribution in [0.15, 0.2) is 77.7 Å². The van der Waals surface area contributed by atoms with E-state index in [1.54, 1.807) is 12.1 Å². The number of benzene rings is 3. The number of carbonyl (C=O) groups is 1. The number of hydrogen-bond acceptors (Lipinski definition) is 5. The minimum atomic E-state index is -4.16. The van der Waals surface area contributed by atoms with Crippen molar-refractivity contribution in [3.8, 4) is 0 Å². The van der Waals surface area contributed by atoms with E-state index in [1.165, 1.54) is 31.2 Å². The lowest BCUT2D eigenvalue weighted by atomic mass is 10.1. The van der Waals surface area contributed by atoms with E-state index in [4.69, 9.17) is 0 Å². The molecular weight excluding hydrogens is 418 g/mol. The Morgan fingerprint density at radius 3 is 2.32 bits per heavy atom. The molecule has 3 aromatic carbocycles. The number of nitro groups is 1. The van der Waals surface area contributed by atoms with Gasteiger partial charge in [0.25, 0.3) is 21.6 Å². The Morgan fingerprint density at radius 1 is 1.00 bits per heavy atom. The maximum Gasteiger partial charge on any atom is 0.273 e. The SMILES string of the molecule is Cc1ccc(S(=O)(=O)Nc2ccccc2C(=O)N[C@H](C)c2ccccc2)cc1[N+](=O)[O-]. The van der Waals surface area contributed by atoms with Gasteiger partial charge in [0.1, 0.15) is 0 Å². The molecule has 9 heteroatoms. The third-order valence-corrected chi connectivity index (χ3v) is 6.11. The van der Waals surface area contributed by atoms with E-state index < -0.39 is 20.9 Å². The fraction of sp³-hybridized carbons (Fsp3) is 0.136. The van der Waals surface area contributed by atoms with Gasteiger partial charge in [-0.3, -0.25) is 19.6 Å². The standard InChI is InChI=1S/C22H21N3O5S/c1-15-12-13-18(14-21(15)25(27)28)31(29,30)24-20-11-7-6-10-19(20)22(26)23-16(2)17-8-4-3-5-9-17/h3-14,16,24H,1-2H3,(H,23,26)/t16-/m1/s1. The summed E-state index contributed by atoms with van der Waals surface area (Å²) in [6.07, 6.45) is 0. The predicted molar refractivity (Wildman–Crippen MR) is 117 cm³/mol. The molecule has 8 nitrogen and oxygen atoms in total. The smallest absolute Gasteiger partial charge is 0.273 e. The van der Waals surface area contributed by atoms with Crippen molar-refractivity contribution >= 4 is 27.3 Å². The molecule has 2 N–H and O–H groups in total. The minimum absolute atomic E-state index is 0.0727. The first-order valence-corrected chi connectivity index (χ1v) is 10.9. The van der Waals surface area contributed by atoms with Crippen LogP contribution in [0.2, 0.25) is 0 Å². The Labute approximate surface area is 180 Å². The van der Waals surface area contributed by atoms with Crippen LogP contribution in [0.5, 0.6) is 0 Å². The summed E-state index contributed by atoms with van der Waals surface area (Å²) in [5.74, 6) is -0.454. The number of anilines is 1. The van der Waals surface area contributed by atoms with E-state index in [0.717, 1.165) is 11.6 Å². The highest BCUT2D eigenvalue weighted by molar-refractivity contribution is 7.92. The molecule has 0 spiro atoms. The van der Waals surface area contributed by atoms with Gasteiger partial charge >= 0.3 is 0 Å². The van der Waals surface area contributed by atoms with Crippen LogP contribution in [-0.2, 0) is 10.0 Å². The Balaban J connectivity index is 1.87. The van der Waals surface area contributed by atoms with Crippen molar-refractivity contribution in [2.45, 2.75) is 24.8 Å². The molecule has 0 aliphatic carbocycles. The number of sulfonamides is 1. The molecular formula is C22H21N3O5S. The maximum absolute atomic E-state index is 12.8. The number of carbonyl (C=O) groups excluding carboxylic acids is 1. The van der Waals surface area contributed by atoms with Crippen molar-refractivity contribution in [2.75, 3.05) is 4.72 Å². The van der Waals surface area contributed by atoms with Gasteiger partial charge in [-0.25, -0.2) is 8.42 Å². The lowest BCUT2D eigenvalue weighted by Gasteiger charge is -2.17. The van der Waals surface area contributed by atoms with Crippen LogP contribution in [0, 0.1) is 17.0 Å². The molecule has 0 heterocycles. The number of rotatable bonds is 7. The molecule has 3 rings (SSSR count). The molecule has 0 radical (unpaired) electrons. The molecule has 1 atom stereocenters. The van der Waals surface area contributed by atoms with Gasteiger partial charge in [0.05, 0.1) is 27.1 Å². The van der Waals surface area contributed by atoms with Crippen LogP contribution in [0.1, 0.15) is 34.5 Å². The number of amides is 1. The third-order valence-electron chi connectivity index (χ3n) is 4.75. The van der Waals surface area contributed by atoms with E-state index in [9.17, 15) is 23.3 Å². The minimum Gasteiger partial charge on any atom is -0.345 e. The lowest BCUT2D eigenvalue weighted by Crippen LogP contribution is -2.28. The normalized spacial score (nSPS) is 12.1. The topological polar surface area (TPSA) is 118 Å². The second-order valence-corrected chi connectivity index (χ2v) is 8.64. The van der Waals surface area contributed by atoms with Gasteiger partial charge in [0, 0.05) is 11.6 Å². The maximum atomic E-state index is 12.8. The third kappa shape index (κ3) is 5.07. The Bertz CT molecular complexity index is 1230. The molecule has 0 saturated carbocycles. The highest BCUT2D eigenvalue weighted by Gasteiger charge is 2.22. The first-order chi connectivity index (χ1) is 14.7. The number of para-hydroxylation sites is 1. The summed E-state index contributed by atoms with van der Waals surface area (Å²) < 4.78 is 28.1. The highest BCUT2D eigenvalue weighted by Crippen LogP contribution is 2.25. The van der Waals surface area contributed by atoms with Gasteiger partial charge in [-0.05, 0) is 37.6 Å². The molecule has 160 valence electrons. The van der Waals surface area contributed by atoms with Crippen molar-refractivity contribution in [3.63, 3.8) is 0 Å². The lowest BCUT2D eigenvalue weighted by molar-refractivity contribution is -0.385. The summed E-state index contributed by atoms with van der Waals surface area (Å²) in [4.78, 5) is 23.1. The fourth-order valence-corrected chi connectivity index (χ4v) is 4.13. The van der Waals surface area contributed by atoms with Crippen LogP contribution in [-0.4, -0.2) is 19.2 Å². The molecule has 1 amide bonds. The zero-order valence-corrected chi connectivity index (χ0v) is 17.7. The summed E-state index contributed by atoms with van der Waals surface area (Å²) in [6, 6.07) is 18.9. The van der Waals surface area contributed by atoms with Crippen molar-refractivity contribution in [2.24, 2.45) is 0 Å². The van der Waals surface area contributed by atoms with Gasteiger partial charge < -0.3 is 5.32 Å². The second-order valence-electron chi connectivity index (χ2n) is 6.96. The fourth-order valence-electron chi connectivity index (χ4n) is 3.03. The Hall–Kier alpha value is -3.72. The van der Waals surface area contributed by atoms with E-state index in [2.05, 4.69) is 10.0 Å². The molecule has 0 unspecified atom stereocenters. The Morgan fingerprint density at radius 2 is 1.65 bits per heavy atom. The first kappa shape index (κ1) is 22.0. The van der Waals surface area contributed by atoms with Gasteiger partial charge in [0.2, 0.25) is 0 Å². The molecule has 0 aromatic heterocycles. The number of aryl methyl sites for hydroxylation is 1. The molecule has 0 aliphatic heterocycles. The van der Waals surface area contributed by atoms with Gasteiger partial charge in [-0.15, -0.1) is 0 Å². The number of nitrogens with one attached hydrogen (secondary N) is 2. The summed E-state index contributed by atoms with van der Waals surface area (Å²) in [5, 5.41) is 14.0. The van der Waals surface area contributed by atoms with Gasteiger partial charge in [-0.2, -0.15) is 0 Å². The number of nitro benzene ring substituents is 1. The molecule has 0 saturated heterocycles. The van der Waals surface area contributed by atoms with Crippen molar-refractivity contribution in [1.82, 2.24) is 5.32 Å². The first-order valence-electron chi connectivity index (χ1n) is 9.42. The highest BCUT2D eigenvalue weighted by atomic mass is 32.2. The van der Waals surface area contributed by atoms with E-state index in [1.807, 2.05) is 37.3 Å². The molecule has 0 bridgehead atoms. The average Bonchev–Trinajstić information content (AvgIpc) is 2.74. The van der Waals surface area contributed by atoms with E-state index >= 15 is 0 Å². The summed E-state index contributed by atoms with van der Waals surface area (Å²) in [5.41, 5.74) is 1.16. The molecule has 0 fully saturated rings. The van der Waals surface area contributed by atoms with Crippen molar-refractivity contribution < 1.29 is 18.1 Å². The van der Waals surface area contributed by atoms with Crippen molar-refractivity contribution in [3.05, 3.63) is 99.6 Å². The van der Waals surface area contributed by atoms with Gasteiger partial charge in [0.15, 0.2) is 0 Å². The van der Waals surface area contributed by atoms with E-state index in [-0.39, 0.29) is 27.9 Å². The zero-order chi connectivity index (χ0) is 22.6. The summed E-state index contributed by atoms with van der Waals surface area (Å²) in [7, 11) is -4.16. The molecule has 31 heavy (non-hydrogen) atoms. The van der Waals surface area contributed by atoms with Crippen LogP contribution in [0.3, 0.4) is 0 Å². The van der Waals surface area contributed by atoms with Gasteiger partial charge in [-0.1, -0.05) is 48.5 Å². The molecule has 3 aromatic rings. The summed E-state index contributed by atoms with van der Waals surface area (Å²) in [6.45, 7) is 3.35. The zero-order valence-electron chi connectivity index (χ0n) is 16.9. The van der Waals surface area contributed by atoms with Crippen LogP contribution < -0.4 is 10.0 Å². The Kier molecular flexibility index (Phi) is 6.36. The quantitative estimate of drug-likeness (QED) is 0.423. The van der Waals surface area contributed by atoms with Crippen LogP contribution in [0.4, 0.5) is 11.4 Å². The second kappa shape index (κ2) is 8.97. The largest absolute Gasteiger partial charge is 0.345 e. The van der Waals surface area contributed by atoms with E-state index in [0.29, 0.717) is 5.56 Å². The number of hydrogen-bond donors (Lipinski definition) is 2. The number of nitrogens with zero attached hydrogens (tertiary/aromatic N) is 1. The monoisotopic (exact) mass is 439 g/mol.